The molecule has 1 saturated heterocycles. The van der Waals surface area contributed by atoms with E-state index in [0.717, 1.165) is 24.7 Å². The monoisotopic (exact) mass is 573 g/mol. The van der Waals surface area contributed by atoms with Crippen molar-refractivity contribution < 1.29 is 27.5 Å². The number of hydrogen-bond donors (Lipinski definition) is 1. The molecule has 2 aromatic rings. The van der Waals surface area contributed by atoms with Crippen molar-refractivity contribution >= 4 is 50.1 Å². The number of likely N-dealkylation sites (tertiary alicyclic amines) is 1. The predicted molar refractivity (Wildman–Crippen MR) is 127 cm³/mol. The van der Waals surface area contributed by atoms with E-state index in [4.69, 9.17) is 9.47 Å². The molecule has 1 fully saturated rings. The molecule has 11 heteroatoms. The minimum atomic E-state index is -3.42. The first-order valence-electron chi connectivity index (χ1n) is 9.98. The minimum Gasteiger partial charge on any atom is -0.455 e. The zero-order chi connectivity index (χ0) is 23.5. The van der Waals surface area contributed by atoms with E-state index in [9.17, 15) is 18.0 Å². The maximum Gasteiger partial charge on any atom is 0.411 e. The zero-order valence-electron chi connectivity index (χ0n) is 17.9. The first-order valence-corrected chi connectivity index (χ1v) is 13.0. The van der Waals surface area contributed by atoms with Crippen molar-refractivity contribution in [2.45, 2.75) is 37.8 Å². The van der Waals surface area contributed by atoms with Gasteiger partial charge in [0, 0.05) is 28.9 Å². The normalized spacial score (nSPS) is 16.0. The average molecular weight is 573 g/mol. The minimum absolute atomic E-state index is 0.0453. The number of carbonyl (C=O) groups excluding carboxylic acids is 2. The smallest absolute Gasteiger partial charge is 0.411 e. The number of pyridine rings is 1. The molecule has 2 amide bonds. The molecule has 1 aliphatic heterocycles. The van der Waals surface area contributed by atoms with Gasteiger partial charge in [-0.15, -0.1) is 0 Å². The number of ether oxygens (including phenoxy) is 2. The van der Waals surface area contributed by atoms with Crippen molar-refractivity contribution in [1.82, 2.24) is 9.88 Å². The number of sulfone groups is 1. The van der Waals surface area contributed by atoms with Crippen molar-refractivity contribution in [2.75, 3.05) is 24.7 Å². The lowest BCUT2D eigenvalue weighted by atomic mass is 10.0. The molecular formula is C21H24IN3O6S. The highest BCUT2D eigenvalue weighted by molar-refractivity contribution is 14.1. The fraction of sp³-hybridized carbons (Fsp3) is 0.381. The third-order valence-electron chi connectivity index (χ3n) is 4.94. The lowest BCUT2D eigenvalue weighted by Crippen LogP contribution is -2.28. The highest BCUT2D eigenvalue weighted by Crippen LogP contribution is 2.41. The van der Waals surface area contributed by atoms with E-state index in [1.807, 2.05) is 0 Å². The van der Waals surface area contributed by atoms with Gasteiger partial charge in [0.2, 0.25) is 5.91 Å². The molecule has 2 heterocycles. The Morgan fingerprint density at radius 2 is 2.06 bits per heavy atom. The van der Waals surface area contributed by atoms with E-state index in [1.54, 1.807) is 24.0 Å². The topological polar surface area (TPSA) is 115 Å². The van der Waals surface area contributed by atoms with Crippen LogP contribution in [0.3, 0.4) is 0 Å². The van der Waals surface area contributed by atoms with Crippen molar-refractivity contribution in [3.8, 4) is 11.5 Å². The number of nitrogens with zero attached hydrogens (tertiary/aromatic N) is 2. The number of nitrogens with one attached hydrogen (secondary N) is 1. The number of rotatable bonds is 6. The molecule has 1 unspecified atom stereocenters. The van der Waals surface area contributed by atoms with Gasteiger partial charge < -0.3 is 14.4 Å². The molecule has 0 radical (unpaired) electrons. The van der Waals surface area contributed by atoms with Gasteiger partial charge in [-0.05, 0) is 66.6 Å². The molecule has 0 spiro atoms. The molecule has 0 saturated carbocycles. The number of halogens is 1. The van der Waals surface area contributed by atoms with Crippen molar-refractivity contribution in [3.05, 3.63) is 39.6 Å². The maximum atomic E-state index is 12.2. The third kappa shape index (κ3) is 5.68. The van der Waals surface area contributed by atoms with Crippen molar-refractivity contribution in [2.24, 2.45) is 0 Å². The molecule has 1 aromatic carbocycles. The number of hydrogen-bond acceptors (Lipinski definition) is 7. The first-order chi connectivity index (χ1) is 15.1. The third-order valence-corrected chi connectivity index (χ3v) is 6.84. The summed E-state index contributed by atoms with van der Waals surface area (Å²) >= 11 is 2.08. The molecule has 0 bridgehead atoms. The summed E-state index contributed by atoms with van der Waals surface area (Å²) in [6, 6.07) is 6.24. The Kier molecular flexibility index (Phi) is 7.59. The summed E-state index contributed by atoms with van der Waals surface area (Å²) in [5.41, 5.74) is 1.28. The summed E-state index contributed by atoms with van der Waals surface area (Å²) in [7, 11) is -3.42. The fourth-order valence-corrected chi connectivity index (χ4v) is 4.67. The molecule has 1 aromatic heterocycles. The van der Waals surface area contributed by atoms with Crippen molar-refractivity contribution in [3.63, 3.8) is 0 Å². The molecule has 1 atom stereocenters. The Morgan fingerprint density at radius 3 is 2.66 bits per heavy atom. The van der Waals surface area contributed by atoms with Crippen molar-refractivity contribution in [1.29, 1.82) is 0 Å². The first kappa shape index (κ1) is 24.2. The molecule has 172 valence electrons. The molecule has 1 N–H and O–H groups in total. The standard InChI is InChI=1S/C21H24IN3O6S/c1-4-30-21(27)24-17-10-15(18-6-5-9-25(18)13(2)26)19(11-16(17)22)31-14-7-8-20(23-12-14)32(3,28)29/h7-8,10-12,18H,4-6,9H2,1-3H3,(H,24,27). The van der Waals surface area contributed by atoms with E-state index in [0.29, 0.717) is 27.3 Å². The van der Waals surface area contributed by atoms with Gasteiger partial charge in [0.1, 0.15) is 11.5 Å². The summed E-state index contributed by atoms with van der Waals surface area (Å²) in [6.45, 7) is 4.13. The van der Waals surface area contributed by atoms with Gasteiger partial charge in [0.05, 0.1) is 24.5 Å². The van der Waals surface area contributed by atoms with Gasteiger partial charge in [-0.2, -0.15) is 0 Å². The summed E-state index contributed by atoms with van der Waals surface area (Å²) in [5.74, 6) is 0.805. The Bertz CT molecular complexity index is 1120. The number of benzene rings is 1. The average Bonchev–Trinajstić information content (AvgIpc) is 3.20. The van der Waals surface area contributed by atoms with Crippen LogP contribution in [-0.4, -0.2) is 49.7 Å². The molecule has 1 aliphatic rings. The summed E-state index contributed by atoms with van der Waals surface area (Å²) in [5, 5.41) is 2.68. The van der Waals surface area contributed by atoms with Crippen LogP contribution in [0.5, 0.6) is 11.5 Å². The van der Waals surface area contributed by atoms with Crippen LogP contribution in [0.15, 0.2) is 35.5 Å². The molecule has 9 nitrogen and oxygen atoms in total. The van der Waals surface area contributed by atoms with Crippen LogP contribution >= 0.6 is 22.6 Å². The Morgan fingerprint density at radius 1 is 1.31 bits per heavy atom. The fourth-order valence-electron chi connectivity index (χ4n) is 3.53. The summed E-state index contributed by atoms with van der Waals surface area (Å²) < 4.78 is 35.1. The van der Waals surface area contributed by atoms with Crippen LogP contribution in [0.4, 0.5) is 10.5 Å². The van der Waals surface area contributed by atoms with Crippen LogP contribution < -0.4 is 10.1 Å². The lowest BCUT2D eigenvalue weighted by Gasteiger charge is -2.26. The Balaban J connectivity index is 2.01. The van der Waals surface area contributed by atoms with Gasteiger partial charge in [0.25, 0.3) is 0 Å². The zero-order valence-corrected chi connectivity index (χ0v) is 20.9. The van der Waals surface area contributed by atoms with E-state index < -0.39 is 15.9 Å². The van der Waals surface area contributed by atoms with Crippen LogP contribution in [0.1, 0.15) is 38.3 Å². The van der Waals surface area contributed by atoms with Gasteiger partial charge in [-0.1, -0.05) is 0 Å². The van der Waals surface area contributed by atoms with Crippen LogP contribution in [0, 0.1) is 3.57 Å². The van der Waals surface area contributed by atoms with E-state index in [2.05, 4.69) is 32.9 Å². The highest BCUT2D eigenvalue weighted by atomic mass is 127. The van der Waals surface area contributed by atoms with Gasteiger partial charge in [-0.25, -0.2) is 18.2 Å². The Labute approximate surface area is 200 Å². The Hall–Kier alpha value is -2.41. The molecular weight excluding hydrogens is 549 g/mol. The molecule has 32 heavy (non-hydrogen) atoms. The lowest BCUT2D eigenvalue weighted by molar-refractivity contribution is -0.129. The second-order valence-electron chi connectivity index (χ2n) is 7.29. The predicted octanol–water partition coefficient (Wildman–Crippen LogP) is 4.13. The maximum absolute atomic E-state index is 12.2. The van der Waals surface area contributed by atoms with E-state index >= 15 is 0 Å². The van der Waals surface area contributed by atoms with E-state index in [-0.39, 0.29) is 23.6 Å². The quantitative estimate of drug-likeness (QED) is 0.517. The van der Waals surface area contributed by atoms with Gasteiger partial charge in [-0.3, -0.25) is 10.1 Å². The highest BCUT2D eigenvalue weighted by Gasteiger charge is 2.31. The van der Waals surface area contributed by atoms with Crippen LogP contribution in [-0.2, 0) is 19.4 Å². The second-order valence-corrected chi connectivity index (χ2v) is 10.4. The second kappa shape index (κ2) is 10.0. The summed E-state index contributed by atoms with van der Waals surface area (Å²) in [4.78, 5) is 29.9. The summed E-state index contributed by atoms with van der Waals surface area (Å²) in [6.07, 6.45) is 3.46. The van der Waals surface area contributed by atoms with Gasteiger partial charge >= 0.3 is 6.09 Å². The SMILES string of the molecule is CCOC(=O)Nc1cc(C2CCCN2C(C)=O)c(Oc2ccc(S(C)(=O)=O)nc2)cc1I. The molecule has 3 rings (SSSR count). The number of carbonyl (C=O) groups is 2. The molecule has 0 aliphatic carbocycles. The number of amides is 2. The van der Waals surface area contributed by atoms with Crippen LogP contribution in [0.2, 0.25) is 0 Å². The number of anilines is 1. The number of aromatic nitrogens is 1. The largest absolute Gasteiger partial charge is 0.455 e. The van der Waals surface area contributed by atoms with Crippen LogP contribution in [0.25, 0.3) is 0 Å². The van der Waals surface area contributed by atoms with Gasteiger partial charge in [0.15, 0.2) is 14.9 Å². The van der Waals surface area contributed by atoms with E-state index in [1.165, 1.54) is 25.3 Å².